The molecule has 3 rings (SSSR count). The van der Waals surface area contributed by atoms with Crippen molar-refractivity contribution in [3.05, 3.63) is 76.7 Å². The van der Waals surface area contributed by atoms with Crippen LogP contribution in [-0.4, -0.2) is 21.7 Å². The highest BCUT2D eigenvalue weighted by Crippen LogP contribution is 2.17. The molecular weight excluding hydrogens is 546 g/mol. The molecule has 6 nitrogen and oxygen atoms in total. The Morgan fingerprint density at radius 1 is 1.18 bits per heavy atom. The van der Waals surface area contributed by atoms with Crippen molar-refractivity contribution < 1.29 is 13.9 Å². The van der Waals surface area contributed by atoms with Crippen LogP contribution >= 0.6 is 38.5 Å². The predicted octanol–water partition coefficient (Wildman–Crippen LogP) is 3.28. The van der Waals surface area contributed by atoms with Crippen LogP contribution in [0.1, 0.15) is 12.5 Å². The molecule has 0 atom stereocenters. The molecule has 3 aromatic rings. The first-order valence-electron chi connectivity index (χ1n) is 8.34. The summed E-state index contributed by atoms with van der Waals surface area (Å²) in [6.07, 6.45) is 0. The molecule has 0 fully saturated rings. The number of rotatable bonds is 5. The lowest BCUT2D eigenvalue weighted by Gasteiger charge is -2.14. The van der Waals surface area contributed by atoms with E-state index in [1.54, 1.807) is 31.2 Å². The zero-order chi connectivity index (χ0) is 20.4. The Labute approximate surface area is 181 Å². The average molecular weight is 561 g/mol. The third-order valence-electron chi connectivity index (χ3n) is 4.12. The van der Waals surface area contributed by atoms with Gasteiger partial charge in [-0.25, -0.2) is 9.18 Å². The summed E-state index contributed by atoms with van der Waals surface area (Å²) in [5.41, 5.74) is -0.748. The minimum atomic E-state index is -0.707. The Morgan fingerprint density at radius 3 is 2.61 bits per heavy atom. The summed E-state index contributed by atoms with van der Waals surface area (Å²) in [5.74, 6) is -1.11. The van der Waals surface area contributed by atoms with Crippen LogP contribution in [0, 0.1) is 9.39 Å². The van der Waals surface area contributed by atoms with Crippen molar-refractivity contribution in [3.63, 3.8) is 0 Å². The standard InChI is InChI=1S/C19H15BrFIN2O4/c1-2-28-17(25)10-23-16-7-12(20)4-6-14(16)18(26)24(19(23)27)9-11-3-5-13(22)8-15(11)21/h3-8H,2,9-10H2,1H3. The fourth-order valence-corrected chi connectivity index (χ4v) is 3.64. The molecule has 28 heavy (non-hydrogen) atoms. The van der Waals surface area contributed by atoms with Gasteiger partial charge < -0.3 is 4.74 Å². The second kappa shape index (κ2) is 8.56. The highest BCUT2D eigenvalue weighted by atomic mass is 127. The Hall–Kier alpha value is -2.01. The van der Waals surface area contributed by atoms with E-state index >= 15 is 0 Å². The number of benzene rings is 2. The lowest BCUT2D eigenvalue weighted by Crippen LogP contribution is -2.41. The number of halogens is 3. The topological polar surface area (TPSA) is 70.3 Å². The maximum atomic E-state index is 14.3. The van der Waals surface area contributed by atoms with Gasteiger partial charge >= 0.3 is 11.7 Å². The number of esters is 1. The SMILES string of the molecule is CCOC(=O)Cn1c(=O)n(Cc2ccc(I)cc2F)c(=O)c2ccc(Br)cc21. The molecule has 0 saturated heterocycles. The van der Waals surface area contributed by atoms with Gasteiger partial charge in [-0.1, -0.05) is 22.0 Å². The quantitative estimate of drug-likeness (QED) is 0.355. The van der Waals surface area contributed by atoms with E-state index < -0.39 is 23.0 Å². The third-order valence-corrected chi connectivity index (χ3v) is 5.29. The van der Waals surface area contributed by atoms with Gasteiger partial charge in [-0.2, -0.15) is 0 Å². The molecule has 0 amide bonds. The summed E-state index contributed by atoms with van der Waals surface area (Å²) < 4.78 is 22.7. The molecule has 0 aliphatic heterocycles. The largest absolute Gasteiger partial charge is 0.465 e. The summed E-state index contributed by atoms with van der Waals surface area (Å²) in [6, 6.07) is 9.37. The first-order chi connectivity index (χ1) is 13.3. The minimum absolute atomic E-state index is 0.169. The Morgan fingerprint density at radius 2 is 1.93 bits per heavy atom. The second-order valence-electron chi connectivity index (χ2n) is 5.96. The van der Waals surface area contributed by atoms with Gasteiger partial charge in [0.1, 0.15) is 12.4 Å². The monoisotopic (exact) mass is 560 g/mol. The summed E-state index contributed by atoms with van der Waals surface area (Å²) >= 11 is 5.29. The van der Waals surface area contributed by atoms with Crippen molar-refractivity contribution >= 4 is 55.4 Å². The highest BCUT2D eigenvalue weighted by molar-refractivity contribution is 14.1. The van der Waals surface area contributed by atoms with Crippen LogP contribution < -0.4 is 11.2 Å². The van der Waals surface area contributed by atoms with Gasteiger partial charge in [-0.15, -0.1) is 0 Å². The van der Waals surface area contributed by atoms with E-state index in [0.717, 1.165) is 4.57 Å². The van der Waals surface area contributed by atoms with Gasteiger partial charge in [-0.3, -0.25) is 18.7 Å². The lowest BCUT2D eigenvalue weighted by atomic mass is 10.2. The van der Waals surface area contributed by atoms with Gasteiger partial charge in [-0.05, 0) is 59.8 Å². The Kier molecular flexibility index (Phi) is 6.33. The van der Waals surface area contributed by atoms with E-state index in [4.69, 9.17) is 4.74 Å². The number of nitrogens with zero attached hydrogens (tertiary/aromatic N) is 2. The zero-order valence-electron chi connectivity index (χ0n) is 14.7. The predicted molar refractivity (Wildman–Crippen MR) is 115 cm³/mol. The number of carbonyl (C=O) groups excluding carboxylic acids is 1. The molecular formula is C19H15BrFIN2O4. The van der Waals surface area contributed by atoms with Crippen LogP contribution in [0.25, 0.3) is 10.9 Å². The smallest absolute Gasteiger partial charge is 0.332 e. The molecule has 9 heteroatoms. The third kappa shape index (κ3) is 4.19. The van der Waals surface area contributed by atoms with Gasteiger partial charge in [0.25, 0.3) is 5.56 Å². The Balaban J connectivity index is 2.22. The van der Waals surface area contributed by atoms with Crippen molar-refractivity contribution in [2.24, 2.45) is 0 Å². The minimum Gasteiger partial charge on any atom is -0.465 e. The number of fused-ring (bicyclic) bond motifs is 1. The highest BCUT2D eigenvalue weighted by Gasteiger charge is 2.17. The normalized spacial score (nSPS) is 11.0. The van der Waals surface area contributed by atoms with Crippen molar-refractivity contribution in [1.29, 1.82) is 0 Å². The molecule has 0 aliphatic carbocycles. The summed E-state index contributed by atoms with van der Waals surface area (Å²) in [4.78, 5) is 37.9. The number of aromatic nitrogens is 2. The maximum absolute atomic E-state index is 14.3. The second-order valence-corrected chi connectivity index (χ2v) is 8.12. The van der Waals surface area contributed by atoms with Crippen LogP contribution in [0.3, 0.4) is 0 Å². The van der Waals surface area contributed by atoms with E-state index in [-0.39, 0.29) is 30.6 Å². The molecule has 0 spiro atoms. The van der Waals surface area contributed by atoms with Crippen molar-refractivity contribution in [3.8, 4) is 0 Å². The molecule has 1 aromatic heterocycles. The van der Waals surface area contributed by atoms with Crippen molar-refractivity contribution in [2.75, 3.05) is 6.61 Å². The van der Waals surface area contributed by atoms with Gasteiger partial charge in [0.2, 0.25) is 0 Å². The van der Waals surface area contributed by atoms with Crippen LogP contribution in [0.2, 0.25) is 0 Å². The molecule has 1 heterocycles. The fourth-order valence-electron chi connectivity index (χ4n) is 2.84. The van der Waals surface area contributed by atoms with E-state index in [0.29, 0.717) is 13.6 Å². The van der Waals surface area contributed by atoms with Crippen LogP contribution in [-0.2, 0) is 22.6 Å². The van der Waals surface area contributed by atoms with E-state index in [1.165, 1.54) is 16.7 Å². The van der Waals surface area contributed by atoms with Crippen molar-refractivity contribution in [1.82, 2.24) is 9.13 Å². The molecule has 0 radical (unpaired) electrons. The summed E-state index contributed by atoms with van der Waals surface area (Å²) in [5, 5.41) is 0.248. The molecule has 0 N–H and O–H groups in total. The van der Waals surface area contributed by atoms with Crippen LogP contribution in [0.5, 0.6) is 0 Å². The Bertz CT molecular complexity index is 1190. The van der Waals surface area contributed by atoms with Crippen LogP contribution in [0.4, 0.5) is 4.39 Å². The van der Waals surface area contributed by atoms with E-state index in [1.807, 2.05) is 22.6 Å². The van der Waals surface area contributed by atoms with Gasteiger partial charge in [0, 0.05) is 13.6 Å². The fraction of sp³-hybridized carbons (Fsp3) is 0.211. The average Bonchev–Trinajstić information content (AvgIpc) is 2.64. The first kappa shape index (κ1) is 20.7. The number of hydrogen-bond acceptors (Lipinski definition) is 4. The number of carbonyl (C=O) groups is 1. The molecule has 0 unspecified atom stereocenters. The summed E-state index contributed by atoms with van der Waals surface area (Å²) in [6.45, 7) is 1.24. The zero-order valence-corrected chi connectivity index (χ0v) is 18.5. The molecule has 0 saturated carbocycles. The lowest BCUT2D eigenvalue weighted by molar-refractivity contribution is -0.143. The van der Waals surface area contributed by atoms with Gasteiger partial charge in [0.05, 0.1) is 24.1 Å². The number of ether oxygens (including phenoxy) is 1. The van der Waals surface area contributed by atoms with Crippen molar-refractivity contribution in [2.45, 2.75) is 20.0 Å². The maximum Gasteiger partial charge on any atom is 0.332 e. The van der Waals surface area contributed by atoms with E-state index in [2.05, 4.69) is 15.9 Å². The molecule has 0 aliphatic rings. The summed E-state index contributed by atoms with van der Waals surface area (Å²) in [7, 11) is 0. The molecule has 146 valence electrons. The van der Waals surface area contributed by atoms with Gasteiger partial charge in [0.15, 0.2) is 0 Å². The molecule has 2 aromatic carbocycles. The first-order valence-corrected chi connectivity index (χ1v) is 10.2. The molecule has 0 bridgehead atoms. The number of hydrogen-bond donors (Lipinski definition) is 0. The van der Waals surface area contributed by atoms with E-state index in [9.17, 15) is 18.8 Å². The van der Waals surface area contributed by atoms with Crippen LogP contribution in [0.15, 0.2) is 50.5 Å².